The van der Waals surface area contributed by atoms with Gasteiger partial charge in [0.2, 0.25) is 5.91 Å². The molecule has 0 saturated heterocycles. The van der Waals surface area contributed by atoms with Gasteiger partial charge in [-0.15, -0.1) is 10.2 Å². The summed E-state index contributed by atoms with van der Waals surface area (Å²) in [5, 5.41) is 24.3. The molecule has 1 fully saturated rings. The molecule has 1 saturated carbocycles. The maximum atomic E-state index is 13.2. The van der Waals surface area contributed by atoms with Crippen LogP contribution in [0, 0.1) is 16.0 Å². The van der Waals surface area contributed by atoms with E-state index in [0.717, 1.165) is 17.5 Å². The van der Waals surface area contributed by atoms with Gasteiger partial charge in [0.05, 0.1) is 11.0 Å². The van der Waals surface area contributed by atoms with Crippen molar-refractivity contribution in [1.82, 2.24) is 20.1 Å². The van der Waals surface area contributed by atoms with Crippen molar-refractivity contribution in [2.24, 2.45) is 5.92 Å². The van der Waals surface area contributed by atoms with E-state index in [-0.39, 0.29) is 11.6 Å². The Morgan fingerprint density at radius 2 is 1.60 bits per heavy atom. The molecule has 1 unspecified atom stereocenters. The number of thioether (sulfide) groups is 1. The molecule has 0 spiro atoms. The zero-order valence-electron chi connectivity index (χ0n) is 22.3. The van der Waals surface area contributed by atoms with E-state index in [1.807, 2.05) is 53.1 Å². The molecule has 1 heterocycles. The molecule has 3 aromatic carbocycles. The summed E-state index contributed by atoms with van der Waals surface area (Å²) in [5.74, 6) is 1.92. The fourth-order valence-electron chi connectivity index (χ4n) is 5.25. The number of benzene rings is 3. The van der Waals surface area contributed by atoms with Crippen LogP contribution >= 0.6 is 11.8 Å². The first-order valence-electron chi connectivity index (χ1n) is 13.8. The minimum Gasteiger partial charge on any atom is -0.346 e. The van der Waals surface area contributed by atoms with E-state index in [2.05, 4.69) is 27.6 Å². The summed E-state index contributed by atoms with van der Waals surface area (Å²) in [7, 11) is 0. The lowest BCUT2D eigenvalue weighted by Gasteiger charge is -2.21. The molecule has 0 aliphatic heterocycles. The summed E-state index contributed by atoms with van der Waals surface area (Å²) >= 11 is 1.54. The van der Waals surface area contributed by atoms with Crippen LogP contribution < -0.4 is 5.32 Å². The van der Waals surface area contributed by atoms with Gasteiger partial charge in [-0.3, -0.25) is 19.5 Å². The minimum absolute atomic E-state index is 0.00423. The van der Waals surface area contributed by atoms with Crippen molar-refractivity contribution in [2.45, 2.75) is 61.9 Å². The zero-order valence-corrected chi connectivity index (χ0v) is 23.1. The van der Waals surface area contributed by atoms with Gasteiger partial charge in [-0.05, 0) is 42.0 Å². The second kappa shape index (κ2) is 13.4. The highest BCUT2D eigenvalue weighted by molar-refractivity contribution is 7.98. The maximum Gasteiger partial charge on any atom is 0.269 e. The smallest absolute Gasteiger partial charge is 0.269 e. The summed E-state index contributed by atoms with van der Waals surface area (Å²) in [5.41, 5.74) is 2.94. The fourth-order valence-corrected chi connectivity index (χ4v) is 6.16. The molecule has 0 radical (unpaired) electrons. The summed E-state index contributed by atoms with van der Waals surface area (Å²) in [6, 6.07) is 26.1. The molecule has 40 heavy (non-hydrogen) atoms. The molecule has 9 heteroatoms. The predicted octanol–water partition coefficient (Wildman–Crippen LogP) is 6.84. The van der Waals surface area contributed by atoms with Gasteiger partial charge in [0.15, 0.2) is 11.0 Å². The number of nitro benzene ring substituents is 1. The number of carbonyl (C=O) groups excluding carboxylic acids is 1. The lowest BCUT2D eigenvalue weighted by atomic mass is 10.0. The number of nitrogens with zero attached hydrogens (tertiary/aromatic N) is 4. The van der Waals surface area contributed by atoms with E-state index in [1.165, 1.54) is 49.6 Å². The highest BCUT2D eigenvalue weighted by Gasteiger charge is 2.26. The Kier molecular flexibility index (Phi) is 9.23. The van der Waals surface area contributed by atoms with Gasteiger partial charge < -0.3 is 5.32 Å². The molecule has 1 N–H and O–H groups in total. The second-order valence-corrected chi connectivity index (χ2v) is 11.2. The third kappa shape index (κ3) is 7.15. The van der Waals surface area contributed by atoms with Crippen LogP contribution in [0.3, 0.4) is 0 Å². The quantitative estimate of drug-likeness (QED) is 0.117. The molecule has 1 aliphatic rings. The third-order valence-corrected chi connectivity index (χ3v) is 8.37. The molecular weight excluding hydrogens is 522 g/mol. The Balaban J connectivity index is 1.46. The largest absolute Gasteiger partial charge is 0.346 e. The third-order valence-electron chi connectivity index (χ3n) is 7.37. The Labute approximate surface area is 238 Å². The highest BCUT2D eigenvalue weighted by Crippen LogP contribution is 2.31. The standard InChI is InChI=1S/C31H33N5O3S/c37-29(20-15-23-9-7-8-10-23)32-28(21-24-11-3-1-4-12-24)30-33-34-31(40-22-25-13-5-2-6-14-25)35(30)26-16-18-27(19-17-26)36(38)39/h1-6,11-14,16-19,23,28H,7-10,15,20-22H2,(H,32,37). The Hall–Kier alpha value is -3.98. The van der Waals surface area contributed by atoms with Crippen molar-refractivity contribution < 1.29 is 9.72 Å². The summed E-state index contributed by atoms with van der Waals surface area (Å²) in [6.07, 6.45) is 6.85. The zero-order chi connectivity index (χ0) is 27.7. The lowest BCUT2D eigenvalue weighted by molar-refractivity contribution is -0.384. The monoisotopic (exact) mass is 555 g/mol. The number of amides is 1. The second-order valence-electron chi connectivity index (χ2n) is 10.2. The molecule has 8 nitrogen and oxygen atoms in total. The summed E-state index contributed by atoms with van der Waals surface area (Å²) < 4.78 is 1.92. The Morgan fingerprint density at radius 3 is 2.25 bits per heavy atom. The van der Waals surface area contributed by atoms with Crippen LogP contribution in [0.1, 0.15) is 61.5 Å². The van der Waals surface area contributed by atoms with E-state index in [1.54, 1.807) is 12.1 Å². The van der Waals surface area contributed by atoms with Crippen LogP contribution in [0.2, 0.25) is 0 Å². The average molecular weight is 556 g/mol. The molecule has 0 bridgehead atoms. The first kappa shape index (κ1) is 27.6. The minimum atomic E-state index is -0.424. The number of rotatable bonds is 12. The van der Waals surface area contributed by atoms with Gasteiger partial charge in [0.1, 0.15) is 0 Å². The van der Waals surface area contributed by atoms with E-state index >= 15 is 0 Å². The van der Waals surface area contributed by atoms with Crippen molar-refractivity contribution in [3.63, 3.8) is 0 Å². The SMILES string of the molecule is O=C(CCC1CCCC1)NC(Cc1ccccc1)c1nnc(SCc2ccccc2)n1-c1ccc([N+](=O)[O-])cc1. The van der Waals surface area contributed by atoms with Gasteiger partial charge in [-0.1, -0.05) is 98.1 Å². The van der Waals surface area contributed by atoms with Crippen molar-refractivity contribution in [3.8, 4) is 5.69 Å². The van der Waals surface area contributed by atoms with E-state index in [9.17, 15) is 14.9 Å². The molecule has 206 valence electrons. The number of non-ortho nitro benzene ring substituents is 1. The first-order valence-corrected chi connectivity index (χ1v) is 14.8. The van der Waals surface area contributed by atoms with E-state index in [0.29, 0.717) is 41.2 Å². The van der Waals surface area contributed by atoms with Gasteiger partial charge in [0, 0.05) is 30.0 Å². The summed E-state index contributed by atoms with van der Waals surface area (Å²) in [4.78, 5) is 24.1. The number of carbonyl (C=O) groups is 1. The fraction of sp³-hybridized carbons (Fsp3) is 0.323. The Bertz CT molecular complexity index is 1400. The van der Waals surface area contributed by atoms with E-state index < -0.39 is 11.0 Å². The van der Waals surface area contributed by atoms with E-state index in [4.69, 9.17) is 0 Å². The van der Waals surface area contributed by atoms with Crippen molar-refractivity contribution >= 4 is 23.4 Å². The van der Waals surface area contributed by atoms with Crippen LogP contribution in [0.5, 0.6) is 0 Å². The predicted molar refractivity (Wildman–Crippen MR) is 156 cm³/mol. The molecule has 1 aromatic heterocycles. The average Bonchev–Trinajstić information content (AvgIpc) is 3.66. The number of nitrogens with one attached hydrogen (secondary N) is 1. The normalized spacial score (nSPS) is 14.2. The van der Waals surface area contributed by atoms with Crippen LogP contribution in [0.15, 0.2) is 90.1 Å². The van der Waals surface area contributed by atoms with Crippen molar-refractivity contribution in [2.75, 3.05) is 0 Å². The van der Waals surface area contributed by atoms with Crippen LogP contribution in [-0.2, 0) is 17.0 Å². The van der Waals surface area contributed by atoms with Gasteiger partial charge in [0.25, 0.3) is 5.69 Å². The summed E-state index contributed by atoms with van der Waals surface area (Å²) in [6.45, 7) is 0. The molecule has 5 rings (SSSR count). The number of nitro groups is 1. The van der Waals surface area contributed by atoms with Crippen molar-refractivity contribution in [3.05, 3.63) is 112 Å². The molecular formula is C31H33N5O3S. The maximum absolute atomic E-state index is 13.2. The van der Waals surface area contributed by atoms with Gasteiger partial charge >= 0.3 is 0 Å². The lowest BCUT2D eigenvalue weighted by Crippen LogP contribution is -2.32. The number of hydrogen-bond acceptors (Lipinski definition) is 6. The molecule has 1 amide bonds. The highest BCUT2D eigenvalue weighted by atomic mass is 32.2. The van der Waals surface area contributed by atoms with Gasteiger partial charge in [-0.25, -0.2) is 0 Å². The van der Waals surface area contributed by atoms with Gasteiger partial charge in [-0.2, -0.15) is 0 Å². The molecule has 4 aromatic rings. The van der Waals surface area contributed by atoms with Crippen LogP contribution in [-0.4, -0.2) is 25.6 Å². The first-order chi connectivity index (χ1) is 19.6. The molecule has 1 aliphatic carbocycles. The van der Waals surface area contributed by atoms with Crippen molar-refractivity contribution in [1.29, 1.82) is 0 Å². The Morgan fingerprint density at radius 1 is 0.950 bits per heavy atom. The number of hydrogen-bond donors (Lipinski definition) is 1. The topological polar surface area (TPSA) is 103 Å². The van der Waals surface area contributed by atoms with Crippen LogP contribution in [0.25, 0.3) is 5.69 Å². The van der Waals surface area contributed by atoms with Crippen LogP contribution in [0.4, 0.5) is 5.69 Å². The number of aromatic nitrogens is 3. The molecule has 1 atom stereocenters.